The SMILES string of the molecule is CC(NC1CCC(C)C(C)C1)c1cc(F)ccc1O. The molecule has 106 valence electrons. The molecule has 0 spiro atoms. The molecular formula is C16H24FNO. The molecule has 19 heavy (non-hydrogen) atoms. The first-order valence-corrected chi connectivity index (χ1v) is 7.22. The van der Waals surface area contributed by atoms with Gasteiger partial charge in [-0.15, -0.1) is 0 Å². The monoisotopic (exact) mass is 265 g/mol. The smallest absolute Gasteiger partial charge is 0.123 e. The van der Waals surface area contributed by atoms with Crippen LogP contribution in [-0.2, 0) is 0 Å². The van der Waals surface area contributed by atoms with Crippen LogP contribution in [0.3, 0.4) is 0 Å². The van der Waals surface area contributed by atoms with Crippen molar-refractivity contribution >= 4 is 0 Å². The summed E-state index contributed by atoms with van der Waals surface area (Å²) in [5, 5.41) is 13.3. The summed E-state index contributed by atoms with van der Waals surface area (Å²) in [5.41, 5.74) is 0.645. The molecule has 2 nitrogen and oxygen atoms in total. The van der Waals surface area contributed by atoms with Gasteiger partial charge in [-0.05, 0) is 56.2 Å². The van der Waals surface area contributed by atoms with Gasteiger partial charge in [-0.1, -0.05) is 13.8 Å². The Balaban J connectivity index is 2.01. The van der Waals surface area contributed by atoms with Gasteiger partial charge in [-0.25, -0.2) is 4.39 Å². The lowest BCUT2D eigenvalue weighted by Crippen LogP contribution is -2.37. The lowest BCUT2D eigenvalue weighted by atomic mass is 9.79. The van der Waals surface area contributed by atoms with Crippen LogP contribution in [0.5, 0.6) is 5.75 Å². The normalized spacial score (nSPS) is 29.2. The molecule has 0 aliphatic heterocycles. The highest BCUT2D eigenvalue weighted by atomic mass is 19.1. The van der Waals surface area contributed by atoms with Crippen LogP contribution in [0.2, 0.25) is 0 Å². The Hall–Kier alpha value is -1.09. The van der Waals surface area contributed by atoms with Crippen LogP contribution in [-0.4, -0.2) is 11.1 Å². The maximum atomic E-state index is 13.3. The zero-order valence-electron chi connectivity index (χ0n) is 12.0. The van der Waals surface area contributed by atoms with Gasteiger partial charge >= 0.3 is 0 Å². The molecule has 4 atom stereocenters. The van der Waals surface area contributed by atoms with Crippen LogP contribution in [0.4, 0.5) is 4.39 Å². The van der Waals surface area contributed by atoms with E-state index in [0.717, 1.165) is 24.7 Å². The van der Waals surface area contributed by atoms with E-state index in [1.165, 1.54) is 24.6 Å². The number of hydrogen-bond acceptors (Lipinski definition) is 2. The van der Waals surface area contributed by atoms with Gasteiger partial charge in [0, 0.05) is 17.6 Å². The van der Waals surface area contributed by atoms with E-state index in [-0.39, 0.29) is 17.6 Å². The van der Waals surface area contributed by atoms with Gasteiger partial charge in [0.25, 0.3) is 0 Å². The lowest BCUT2D eigenvalue weighted by Gasteiger charge is -2.34. The molecule has 0 radical (unpaired) electrons. The molecular weight excluding hydrogens is 241 g/mol. The summed E-state index contributed by atoms with van der Waals surface area (Å²) in [6, 6.07) is 4.57. The molecule has 3 heteroatoms. The molecule has 4 unspecified atom stereocenters. The average Bonchev–Trinajstić information content (AvgIpc) is 2.36. The second kappa shape index (κ2) is 5.91. The zero-order valence-corrected chi connectivity index (χ0v) is 12.0. The van der Waals surface area contributed by atoms with Crippen LogP contribution < -0.4 is 5.32 Å². The van der Waals surface area contributed by atoms with E-state index < -0.39 is 0 Å². The molecule has 0 amide bonds. The fourth-order valence-electron chi connectivity index (χ4n) is 3.01. The first-order chi connectivity index (χ1) is 8.97. The minimum atomic E-state index is -0.299. The quantitative estimate of drug-likeness (QED) is 0.865. The molecule has 2 rings (SSSR count). The Kier molecular flexibility index (Phi) is 4.46. The van der Waals surface area contributed by atoms with Crippen LogP contribution in [0.25, 0.3) is 0 Å². The summed E-state index contributed by atoms with van der Waals surface area (Å²) in [6.07, 6.45) is 3.55. The average molecular weight is 265 g/mol. The van der Waals surface area contributed by atoms with Gasteiger partial charge in [0.2, 0.25) is 0 Å². The predicted molar refractivity (Wildman–Crippen MR) is 75.6 cm³/mol. The van der Waals surface area contributed by atoms with Crippen molar-refractivity contribution in [3.8, 4) is 5.75 Å². The van der Waals surface area contributed by atoms with Gasteiger partial charge in [0.05, 0.1) is 0 Å². The summed E-state index contributed by atoms with van der Waals surface area (Å²) in [5.74, 6) is 1.38. The van der Waals surface area contributed by atoms with Crippen molar-refractivity contribution in [1.82, 2.24) is 5.32 Å². The number of hydrogen-bond donors (Lipinski definition) is 2. The molecule has 1 fully saturated rings. The standard InChI is InChI=1S/C16H24FNO/c1-10-4-6-14(8-11(10)2)18-12(3)15-9-13(17)5-7-16(15)19/h5,7,9-12,14,18-19H,4,6,8H2,1-3H3. The molecule has 0 saturated heterocycles. The zero-order chi connectivity index (χ0) is 14.0. The Morgan fingerprint density at radius 2 is 2.00 bits per heavy atom. The topological polar surface area (TPSA) is 32.3 Å². The third kappa shape index (κ3) is 3.47. The van der Waals surface area contributed by atoms with Crippen molar-refractivity contribution in [2.75, 3.05) is 0 Å². The van der Waals surface area contributed by atoms with E-state index in [1.807, 2.05) is 6.92 Å². The molecule has 0 aromatic heterocycles. The first kappa shape index (κ1) is 14.3. The Bertz CT molecular complexity index is 435. The van der Waals surface area contributed by atoms with E-state index in [2.05, 4.69) is 19.2 Å². The molecule has 1 aromatic carbocycles. The maximum Gasteiger partial charge on any atom is 0.123 e. The maximum absolute atomic E-state index is 13.3. The number of nitrogens with one attached hydrogen (secondary N) is 1. The summed E-state index contributed by atoms with van der Waals surface area (Å²) in [7, 11) is 0. The Morgan fingerprint density at radius 1 is 1.26 bits per heavy atom. The molecule has 0 bridgehead atoms. The molecule has 1 aliphatic carbocycles. The third-order valence-electron chi connectivity index (χ3n) is 4.54. The van der Waals surface area contributed by atoms with Gasteiger partial charge in [0.1, 0.15) is 11.6 Å². The van der Waals surface area contributed by atoms with Gasteiger partial charge < -0.3 is 10.4 Å². The number of phenolic OH excluding ortho intramolecular Hbond substituents is 1. The largest absolute Gasteiger partial charge is 0.508 e. The number of rotatable bonds is 3. The van der Waals surface area contributed by atoms with Crippen molar-refractivity contribution < 1.29 is 9.50 Å². The van der Waals surface area contributed by atoms with Crippen molar-refractivity contribution in [2.24, 2.45) is 11.8 Å². The minimum absolute atomic E-state index is 0.0266. The fraction of sp³-hybridized carbons (Fsp3) is 0.625. The highest BCUT2D eigenvalue weighted by Crippen LogP contribution is 2.32. The van der Waals surface area contributed by atoms with Gasteiger partial charge in [-0.3, -0.25) is 0 Å². The van der Waals surface area contributed by atoms with Crippen molar-refractivity contribution in [2.45, 2.75) is 52.1 Å². The lowest BCUT2D eigenvalue weighted by molar-refractivity contribution is 0.216. The van der Waals surface area contributed by atoms with E-state index >= 15 is 0 Å². The van der Waals surface area contributed by atoms with E-state index in [1.54, 1.807) is 0 Å². The highest BCUT2D eigenvalue weighted by molar-refractivity contribution is 5.34. The summed E-state index contributed by atoms with van der Waals surface area (Å²) < 4.78 is 13.3. The van der Waals surface area contributed by atoms with Crippen molar-refractivity contribution in [1.29, 1.82) is 0 Å². The predicted octanol–water partition coefficient (Wildman–Crippen LogP) is 4.01. The van der Waals surface area contributed by atoms with Crippen LogP contribution >= 0.6 is 0 Å². The molecule has 1 aliphatic rings. The van der Waals surface area contributed by atoms with Gasteiger partial charge in [-0.2, -0.15) is 0 Å². The van der Waals surface area contributed by atoms with Crippen LogP contribution in [0, 0.1) is 17.7 Å². The van der Waals surface area contributed by atoms with Gasteiger partial charge in [0.15, 0.2) is 0 Å². The molecule has 0 heterocycles. The first-order valence-electron chi connectivity index (χ1n) is 7.22. The van der Waals surface area contributed by atoms with Crippen molar-refractivity contribution in [3.63, 3.8) is 0 Å². The van der Waals surface area contributed by atoms with E-state index in [9.17, 15) is 9.50 Å². The highest BCUT2D eigenvalue weighted by Gasteiger charge is 2.26. The second-order valence-corrected chi connectivity index (χ2v) is 6.06. The Morgan fingerprint density at radius 3 is 2.68 bits per heavy atom. The third-order valence-corrected chi connectivity index (χ3v) is 4.54. The minimum Gasteiger partial charge on any atom is -0.508 e. The second-order valence-electron chi connectivity index (χ2n) is 6.06. The van der Waals surface area contributed by atoms with Crippen LogP contribution in [0.1, 0.15) is 51.6 Å². The number of benzene rings is 1. The molecule has 1 saturated carbocycles. The number of phenols is 1. The summed E-state index contributed by atoms with van der Waals surface area (Å²) in [6.45, 7) is 6.59. The summed E-state index contributed by atoms with van der Waals surface area (Å²) >= 11 is 0. The van der Waals surface area contributed by atoms with E-state index in [0.29, 0.717) is 11.6 Å². The van der Waals surface area contributed by atoms with Crippen molar-refractivity contribution in [3.05, 3.63) is 29.6 Å². The summed E-state index contributed by atoms with van der Waals surface area (Å²) in [4.78, 5) is 0. The number of aromatic hydroxyl groups is 1. The molecule has 2 N–H and O–H groups in total. The number of halogens is 1. The fourth-order valence-corrected chi connectivity index (χ4v) is 3.01. The Labute approximate surface area is 115 Å². The van der Waals surface area contributed by atoms with Crippen LogP contribution in [0.15, 0.2) is 18.2 Å². The van der Waals surface area contributed by atoms with E-state index in [4.69, 9.17) is 0 Å². The molecule has 1 aromatic rings.